The molecule has 0 saturated heterocycles. The first-order valence-electron chi connectivity index (χ1n) is 6.96. The van der Waals surface area contributed by atoms with E-state index in [-0.39, 0.29) is 16.4 Å². The van der Waals surface area contributed by atoms with E-state index in [1.165, 1.54) is 25.3 Å². The summed E-state index contributed by atoms with van der Waals surface area (Å²) in [5.74, 6) is -0.294. The summed E-state index contributed by atoms with van der Waals surface area (Å²) < 4.78 is 6.31. The Labute approximate surface area is 141 Å². The van der Waals surface area contributed by atoms with E-state index in [0.29, 0.717) is 16.5 Å². The zero-order valence-corrected chi connectivity index (χ0v) is 13.7. The normalized spacial score (nSPS) is 11.7. The molecular weight excluding hydrogens is 332 g/mol. The van der Waals surface area contributed by atoms with Crippen molar-refractivity contribution in [1.82, 2.24) is 19.7 Å². The van der Waals surface area contributed by atoms with Crippen LogP contribution in [0.4, 0.5) is 0 Å². The van der Waals surface area contributed by atoms with Gasteiger partial charge in [-0.05, 0) is 24.3 Å². The van der Waals surface area contributed by atoms with Gasteiger partial charge in [0.1, 0.15) is 0 Å². The second-order valence-electron chi connectivity index (χ2n) is 5.08. The number of carbonyl (C=O) groups excluding carboxylic acids is 1. The number of aromatic amines is 1. The number of methoxy groups -OCH3 is 1. The molecule has 3 aromatic rings. The highest BCUT2D eigenvalue weighted by Gasteiger charge is 2.11. The average molecular weight is 345 g/mol. The lowest BCUT2D eigenvalue weighted by Gasteiger charge is -2.04. The Hall–Kier alpha value is -2.93. The van der Waals surface area contributed by atoms with Crippen molar-refractivity contribution in [1.29, 1.82) is 0 Å². The zero-order chi connectivity index (χ0) is 17.3. The third-order valence-electron chi connectivity index (χ3n) is 3.37. The van der Waals surface area contributed by atoms with Gasteiger partial charge in [-0.1, -0.05) is 11.6 Å². The molecule has 24 heavy (non-hydrogen) atoms. The Balaban J connectivity index is 2.10. The molecule has 3 rings (SSSR count). The molecule has 1 aromatic carbocycles. The Kier molecular flexibility index (Phi) is 4.18. The third kappa shape index (κ3) is 3.07. The number of rotatable bonds is 3. The van der Waals surface area contributed by atoms with Crippen LogP contribution in [0.1, 0.15) is 21.7 Å². The summed E-state index contributed by atoms with van der Waals surface area (Å²) in [6, 6.07) is 4.53. The fourth-order valence-corrected chi connectivity index (χ4v) is 2.44. The van der Waals surface area contributed by atoms with Gasteiger partial charge in [0.2, 0.25) is 0 Å². The summed E-state index contributed by atoms with van der Waals surface area (Å²) >= 11 is 6.25. The number of esters is 1. The van der Waals surface area contributed by atoms with Crippen molar-refractivity contribution in [3.8, 4) is 0 Å². The number of aryl methyl sites for hydroxylation is 1. The van der Waals surface area contributed by atoms with Crippen LogP contribution >= 0.6 is 11.6 Å². The lowest BCUT2D eigenvalue weighted by molar-refractivity contribution is 0.0601. The number of carbonyl (C=O) groups is 1. The van der Waals surface area contributed by atoms with E-state index >= 15 is 0 Å². The van der Waals surface area contributed by atoms with Gasteiger partial charge in [-0.15, -0.1) is 0 Å². The van der Waals surface area contributed by atoms with E-state index in [4.69, 9.17) is 11.6 Å². The second-order valence-corrected chi connectivity index (χ2v) is 5.48. The maximum atomic E-state index is 12.2. The predicted molar refractivity (Wildman–Crippen MR) is 90.6 cm³/mol. The van der Waals surface area contributed by atoms with Crippen molar-refractivity contribution in [2.75, 3.05) is 7.11 Å². The quantitative estimate of drug-likeness (QED) is 0.735. The van der Waals surface area contributed by atoms with E-state index < -0.39 is 5.97 Å². The molecule has 0 bridgehead atoms. The van der Waals surface area contributed by atoms with Crippen LogP contribution < -0.4 is 5.56 Å². The summed E-state index contributed by atoms with van der Waals surface area (Å²) in [4.78, 5) is 30.8. The van der Waals surface area contributed by atoms with Crippen molar-refractivity contribution in [2.45, 2.75) is 0 Å². The first-order valence-corrected chi connectivity index (χ1v) is 7.34. The monoisotopic (exact) mass is 344 g/mol. The molecular formula is C16H13ClN4O3. The number of nitrogens with zero attached hydrogens (tertiary/aromatic N) is 3. The van der Waals surface area contributed by atoms with Gasteiger partial charge in [-0.3, -0.25) is 9.48 Å². The molecule has 2 heterocycles. The van der Waals surface area contributed by atoms with Gasteiger partial charge in [0.05, 0.1) is 34.8 Å². The highest BCUT2D eigenvalue weighted by Crippen LogP contribution is 2.20. The van der Waals surface area contributed by atoms with Crippen LogP contribution in [0.3, 0.4) is 0 Å². The van der Waals surface area contributed by atoms with Gasteiger partial charge in [0, 0.05) is 18.8 Å². The minimum atomic E-state index is -0.502. The average Bonchev–Trinajstić information content (AvgIpc) is 2.98. The van der Waals surface area contributed by atoms with Crippen LogP contribution in [0, 0.1) is 0 Å². The van der Waals surface area contributed by atoms with Crippen molar-refractivity contribution in [3.63, 3.8) is 0 Å². The maximum absolute atomic E-state index is 12.2. The summed E-state index contributed by atoms with van der Waals surface area (Å²) in [7, 11) is 3.08. The van der Waals surface area contributed by atoms with Gasteiger partial charge in [0.15, 0.2) is 5.82 Å². The van der Waals surface area contributed by atoms with Gasteiger partial charge in [-0.2, -0.15) is 5.10 Å². The summed E-state index contributed by atoms with van der Waals surface area (Å²) in [5, 5.41) is 4.65. The van der Waals surface area contributed by atoms with Crippen LogP contribution in [0.15, 0.2) is 35.4 Å². The van der Waals surface area contributed by atoms with Crippen LogP contribution in [-0.2, 0) is 11.8 Å². The van der Waals surface area contributed by atoms with Gasteiger partial charge < -0.3 is 9.72 Å². The number of H-pyrrole nitrogens is 1. The number of nitrogens with one attached hydrogen (secondary N) is 1. The number of benzene rings is 1. The SMILES string of the molecule is COC(=O)c1ccc2c(=O)[nH]c(/C(Cl)=C/c3cnn(C)c3)nc2c1. The van der Waals surface area contributed by atoms with E-state index in [1.807, 2.05) is 0 Å². The Morgan fingerprint density at radius 1 is 1.42 bits per heavy atom. The Morgan fingerprint density at radius 3 is 2.88 bits per heavy atom. The molecule has 2 aromatic heterocycles. The molecule has 0 spiro atoms. The number of hydrogen-bond donors (Lipinski definition) is 1. The molecule has 0 unspecified atom stereocenters. The van der Waals surface area contributed by atoms with E-state index in [0.717, 1.165) is 5.56 Å². The van der Waals surface area contributed by atoms with Crippen molar-refractivity contribution < 1.29 is 9.53 Å². The highest BCUT2D eigenvalue weighted by molar-refractivity contribution is 6.50. The molecule has 0 aliphatic carbocycles. The van der Waals surface area contributed by atoms with Crippen LogP contribution in [0.25, 0.3) is 22.0 Å². The Bertz CT molecular complexity index is 1020. The fraction of sp³-hybridized carbons (Fsp3) is 0.125. The number of fused-ring (bicyclic) bond motifs is 1. The topological polar surface area (TPSA) is 89.9 Å². The van der Waals surface area contributed by atoms with Crippen molar-refractivity contribution >= 4 is 39.6 Å². The molecule has 0 aliphatic heterocycles. The molecule has 0 aliphatic rings. The summed E-state index contributed by atoms with van der Waals surface area (Å²) in [5.41, 5.74) is 1.09. The minimum Gasteiger partial charge on any atom is -0.465 e. The molecule has 1 N–H and O–H groups in total. The zero-order valence-electron chi connectivity index (χ0n) is 12.9. The molecule has 0 saturated carbocycles. The molecule has 8 heteroatoms. The van der Waals surface area contributed by atoms with E-state index in [9.17, 15) is 9.59 Å². The molecule has 7 nitrogen and oxygen atoms in total. The molecule has 0 amide bonds. The minimum absolute atomic E-state index is 0.208. The molecule has 122 valence electrons. The van der Waals surface area contributed by atoms with Crippen LogP contribution in [-0.4, -0.2) is 32.8 Å². The smallest absolute Gasteiger partial charge is 0.337 e. The Morgan fingerprint density at radius 2 is 2.21 bits per heavy atom. The number of hydrogen-bond acceptors (Lipinski definition) is 5. The van der Waals surface area contributed by atoms with Gasteiger partial charge in [0.25, 0.3) is 5.56 Å². The van der Waals surface area contributed by atoms with E-state index in [2.05, 4.69) is 19.8 Å². The highest BCUT2D eigenvalue weighted by atomic mass is 35.5. The lowest BCUT2D eigenvalue weighted by atomic mass is 10.1. The maximum Gasteiger partial charge on any atom is 0.337 e. The van der Waals surface area contributed by atoms with Crippen LogP contribution in [0.2, 0.25) is 0 Å². The second kappa shape index (κ2) is 6.29. The fourth-order valence-electron chi connectivity index (χ4n) is 2.23. The number of halogens is 1. The van der Waals surface area contributed by atoms with E-state index in [1.54, 1.807) is 30.2 Å². The summed E-state index contributed by atoms with van der Waals surface area (Å²) in [6.07, 6.45) is 5.05. The standard InChI is InChI=1S/C16H13ClN4O3/c1-21-8-9(7-18-21)5-12(17)14-19-13-6-10(16(23)24-2)3-4-11(13)15(22)20-14/h3-8H,1-2H3,(H,19,20,22)/b12-5-. The summed E-state index contributed by atoms with van der Waals surface area (Å²) in [6.45, 7) is 0. The third-order valence-corrected chi connectivity index (χ3v) is 3.66. The van der Waals surface area contributed by atoms with Crippen molar-refractivity contribution in [3.05, 3.63) is 57.9 Å². The molecule has 0 radical (unpaired) electrons. The van der Waals surface area contributed by atoms with Crippen molar-refractivity contribution in [2.24, 2.45) is 7.05 Å². The number of ether oxygens (including phenoxy) is 1. The molecule has 0 fully saturated rings. The first kappa shape index (κ1) is 15.9. The van der Waals surface area contributed by atoms with Crippen LogP contribution in [0.5, 0.6) is 0 Å². The first-order chi connectivity index (χ1) is 11.5. The lowest BCUT2D eigenvalue weighted by Crippen LogP contribution is -2.11. The van der Waals surface area contributed by atoms with Gasteiger partial charge in [-0.25, -0.2) is 9.78 Å². The molecule has 0 atom stereocenters. The number of aromatic nitrogens is 4. The predicted octanol–water partition coefficient (Wildman–Crippen LogP) is 2.18. The van der Waals surface area contributed by atoms with Gasteiger partial charge >= 0.3 is 5.97 Å². The largest absolute Gasteiger partial charge is 0.465 e.